The SMILES string of the molecule is Cc1nc2c(c(=O)[nH]1)C(C)NC2. The summed E-state index contributed by atoms with van der Waals surface area (Å²) in [6.07, 6.45) is 0. The molecule has 0 radical (unpaired) electrons. The molecule has 1 aromatic rings. The lowest BCUT2D eigenvalue weighted by molar-refractivity contribution is 0.629. The molecule has 0 spiro atoms. The summed E-state index contributed by atoms with van der Waals surface area (Å²) in [4.78, 5) is 18.3. The van der Waals surface area contributed by atoms with E-state index in [-0.39, 0.29) is 11.6 Å². The summed E-state index contributed by atoms with van der Waals surface area (Å²) in [5, 5.41) is 3.17. The quantitative estimate of drug-likeness (QED) is 0.579. The minimum atomic E-state index is -0.00463. The molecule has 1 unspecified atom stereocenters. The lowest BCUT2D eigenvalue weighted by atomic mass is 10.2. The summed E-state index contributed by atoms with van der Waals surface area (Å²) < 4.78 is 0. The first-order valence-corrected chi connectivity index (χ1v) is 4.01. The molecule has 0 aliphatic carbocycles. The van der Waals surface area contributed by atoms with E-state index < -0.39 is 0 Å². The minimum Gasteiger partial charge on any atom is -0.310 e. The normalized spacial score (nSPS) is 21.0. The first-order valence-electron chi connectivity index (χ1n) is 4.01. The van der Waals surface area contributed by atoms with Crippen molar-refractivity contribution in [3.05, 3.63) is 27.4 Å². The molecule has 1 aromatic heterocycles. The number of hydrogen-bond acceptors (Lipinski definition) is 3. The van der Waals surface area contributed by atoms with Crippen molar-refractivity contribution in [2.45, 2.75) is 26.4 Å². The Morgan fingerprint density at radius 2 is 2.33 bits per heavy atom. The Morgan fingerprint density at radius 3 is 3.08 bits per heavy atom. The van der Waals surface area contributed by atoms with E-state index in [9.17, 15) is 4.79 Å². The molecular weight excluding hydrogens is 154 g/mol. The van der Waals surface area contributed by atoms with E-state index in [1.165, 1.54) is 0 Å². The van der Waals surface area contributed by atoms with Crippen LogP contribution in [-0.4, -0.2) is 9.97 Å². The van der Waals surface area contributed by atoms with E-state index in [2.05, 4.69) is 15.3 Å². The predicted octanol–water partition coefficient (Wildman–Crippen LogP) is 0.243. The number of hydrogen-bond donors (Lipinski definition) is 2. The minimum absolute atomic E-state index is 0.00463. The molecule has 1 aliphatic heterocycles. The van der Waals surface area contributed by atoms with Crippen LogP contribution in [-0.2, 0) is 6.54 Å². The fourth-order valence-electron chi connectivity index (χ4n) is 1.59. The Hall–Kier alpha value is -1.16. The monoisotopic (exact) mass is 165 g/mol. The van der Waals surface area contributed by atoms with Gasteiger partial charge in [-0.3, -0.25) is 4.79 Å². The van der Waals surface area contributed by atoms with Gasteiger partial charge in [0.05, 0.1) is 11.3 Å². The Morgan fingerprint density at radius 1 is 1.58 bits per heavy atom. The summed E-state index contributed by atoms with van der Waals surface area (Å²) in [5.41, 5.74) is 1.68. The topological polar surface area (TPSA) is 57.8 Å². The van der Waals surface area contributed by atoms with Crippen molar-refractivity contribution in [1.29, 1.82) is 0 Å². The van der Waals surface area contributed by atoms with E-state index >= 15 is 0 Å². The first-order chi connectivity index (χ1) is 5.68. The van der Waals surface area contributed by atoms with Gasteiger partial charge in [0, 0.05) is 12.6 Å². The maximum Gasteiger partial charge on any atom is 0.255 e. The van der Waals surface area contributed by atoms with Gasteiger partial charge in [0.2, 0.25) is 0 Å². The second-order valence-corrected chi connectivity index (χ2v) is 3.11. The van der Waals surface area contributed by atoms with Gasteiger partial charge in [-0.05, 0) is 13.8 Å². The van der Waals surface area contributed by atoms with Crippen molar-refractivity contribution in [3.8, 4) is 0 Å². The molecule has 0 fully saturated rings. The molecule has 4 heteroatoms. The summed E-state index contributed by atoms with van der Waals surface area (Å²) >= 11 is 0. The van der Waals surface area contributed by atoms with Gasteiger partial charge in [-0.2, -0.15) is 0 Å². The molecule has 0 aromatic carbocycles. The maximum atomic E-state index is 11.4. The second kappa shape index (κ2) is 2.42. The van der Waals surface area contributed by atoms with E-state index in [4.69, 9.17) is 0 Å². The Balaban J connectivity index is 2.69. The lowest BCUT2D eigenvalue weighted by Crippen LogP contribution is -2.18. The Labute approximate surface area is 70.0 Å². The molecule has 0 saturated heterocycles. The van der Waals surface area contributed by atoms with Crippen molar-refractivity contribution in [2.24, 2.45) is 0 Å². The van der Waals surface area contributed by atoms with Crippen molar-refractivity contribution < 1.29 is 0 Å². The highest BCUT2D eigenvalue weighted by molar-refractivity contribution is 5.25. The van der Waals surface area contributed by atoms with Crippen LogP contribution in [0.5, 0.6) is 0 Å². The lowest BCUT2D eigenvalue weighted by Gasteiger charge is -2.01. The van der Waals surface area contributed by atoms with Crippen LogP contribution in [0.1, 0.15) is 30.0 Å². The van der Waals surface area contributed by atoms with Gasteiger partial charge in [-0.1, -0.05) is 0 Å². The molecule has 12 heavy (non-hydrogen) atoms. The standard InChI is InChI=1S/C8H11N3O/c1-4-7-6(3-9-4)10-5(2)11-8(7)12/h4,9H,3H2,1-2H3,(H,10,11,12). The molecule has 0 bridgehead atoms. The molecule has 1 aliphatic rings. The maximum absolute atomic E-state index is 11.4. The smallest absolute Gasteiger partial charge is 0.255 e. The molecule has 2 N–H and O–H groups in total. The molecule has 2 rings (SSSR count). The van der Waals surface area contributed by atoms with Crippen LogP contribution in [0.15, 0.2) is 4.79 Å². The van der Waals surface area contributed by atoms with E-state index in [1.54, 1.807) is 6.92 Å². The van der Waals surface area contributed by atoms with Crippen LogP contribution in [0.2, 0.25) is 0 Å². The van der Waals surface area contributed by atoms with Gasteiger partial charge in [0.1, 0.15) is 5.82 Å². The van der Waals surface area contributed by atoms with Crippen molar-refractivity contribution in [2.75, 3.05) is 0 Å². The summed E-state index contributed by atoms with van der Waals surface area (Å²) in [6, 6.07) is 0.136. The van der Waals surface area contributed by atoms with E-state index in [1.807, 2.05) is 6.92 Å². The number of nitrogens with one attached hydrogen (secondary N) is 2. The summed E-state index contributed by atoms with van der Waals surface area (Å²) in [5.74, 6) is 0.689. The number of H-pyrrole nitrogens is 1. The number of nitrogens with zero attached hydrogens (tertiary/aromatic N) is 1. The van der Waals surface area contributed by atoms with Crippen molar-refractivity contribution in [3.63, 3.8) is 0 Å². The third-order valence-electron chi connectivity index (χ3n) is 2.16. The highest BCUT2D eigenvalue weighted by atomic mass is 16.1. The average molecular weight is 165 g/mol. The van der Waals surface area contributed by atoms with Crippen molar-refractivity contribution >= 4 is 0 Å². The average Bonchev–Trinajstić information content (AvgIpc) is 2.31. The summed E-state index contributed by atoms with van der Waals surface area (Å²) in [7, 11) is 0. The van der Waals surface area contributed by atoms with Gasteiger partial charge >= 0.3 is 0 Å². The highest BCUT2D eigenvalue weighted by Crippen LogP contribution is 2.18. The molecule has 64 valence electrons. The third kappa shape index (κ3) is 0.956. The van der Waals surface area contributed by atoms with Crippen LogP contribution >= 0.6 is 0 Å². The number of aromatic nitrogens is 2. The third-order valence-corrected chi connectivity index (χ3v) is 2.16. The molecule has 0 amide bonds. The fourth-order valence-corrected chi connectivity index (χ4v) is 1.59. The summed E-state index contributed by atoms with van der Waals surface area (Å²) in [6.45, 7) is 4.48. The van der Waals surface area contributed by atoms with E-state index in [0.29, 0.717) is 12.4 Å². The zero-order valence-corrected chi connectivity index (χ0v) is 7.14. The zero-order valence-electron chi connectivity index (χ0n) is 7.14. The van der Waals surface area contributed by atoms with Gasteiger partial charge in [0.25, 0.3) is 5.56 Å². The molecule has 2 heterocycles. The van der Waals surface area contributed by atoms with Gasteiger partial charge in [0.15, 0.2) is 0 Å². The van der Waals surface area contributed by atoms with Gasteiger partial charge in [-0.15, -0.1) is 0 Å². The van der Waals surface area contributed by atoms with Crippen LogP contribution in [0.4, 0.5) is 0 Å². The van der Waals surface area contributed by atoms with Crippen molar-refractivity contribution in [1.82, 2.24) is 15.3 Å². The highest BCUT2D eigenvalue weighted by Gasteiger charge is 2.22. The number of fused-ring (bicyclic) bond motifs is 1. The molecular formula is C8H11N3O. The first kappa shape index (κ1) is 7.49. The van der Waals surface area contributed by atoms with Crippen LogP contribution in [0.3, 0.4) is 0 Å². The van der Waals surface area contributed by atoms with Gasteiger partial charge < -0.3 is 10.3 Å². The Kier molecular flexibility index (Phi) is 1.51. The second-order valence-electron chi connectivity index (χ2n) is 3.11. The molecule has 1 atom stereocenters. The number of rotatable bonds is 0. The largest absolute Gasteiger partial charge is 0.310 e. The molecule has 4 nitrogen and oxygen atoms in total. The number of aryl methyl sites for hydroxylation is 1. The predicted molar refractivity (Wildman–Crippen MR) is 44.8 cm³/mol. The zero-order chi connectivity index (χ0) is 8.72. The fraction of sp³-hybridized carbons (Fsp3) is 0.500. The van der Waals surface area contributed by atoms with E-state index in [0.717, 1.165) is 11.3 Å². The van der Waals surface area contributed by atoms with Crippen LogP contribution in [0, 0.1) is 6.92 Å². The molecule has 0 saturated carbocycles. The van der Waals surface area contributed by atoms with Crippen LogP contribution < -0.4 is 10.9 Å². The van der Waals surface area contributed by atoms with Gasteiger partial charge in [-0.25, -0.2) is 4.98 Å². The Bertz CT molecular complexity index is 369. The number of aromatic amines is 1. The van der Waals surface area contributed by atoms with Crippen LogP contribution in [0.25, 0.3) is 0 Å².